The zero-order valence-electron chi connectivity index (χ0n) is 16.9. The van der Waals surface area contributed by atoms with Crippen LogP contribution in [0.15, 0.2) is 83.8 Å². The van der Waals surface area contributed by atoms with Crippen molar-refractivity contribution < 1.29 is 14.3 Å². The van der Waals surface area contributed by atoms with Crippen molar-refractivity contribution in [1.29, 1.82) is 0 Å². The molecule has 0 saturated heterocycles. The summed E-state index contributed by atoms with van der Waals surface area (Å²) in [6.07, 6.45) is 2.41. The number of benzene rings is 3. The number of rotatable bonds is 6. The molecule has 0 atom stereocenters. The van der Waals surface area contributed by atoms with Gasteiger partial charge in [0.25, 0.3) is 5.56 Å². The molecular formula is C25H20ClNO4. The largest absolute Gasteiger partial charge is 0.494 e. The second-order valence-corrected chi connectivity index (χ2v) is 7.39. The highest BCUT2D eigenvalue weighted by atomic mass is 35.5. The Morgan fingerprint density at radius 3 is 2.35 bits per heavy atom. The topological polar surface area (TPSA) is 57.5 Å². The number of hydrogen-bond acceptors (Lipinski definition) is 4. The Balaban J connectivity index is 1.73. The molecule has 1 aromatic heterocycles. The maximum absolute atomic E-state index is 13.1. The number of nitrogens with zero attached hydrogens (tertiary/aromatic N) is 1. The number of halogens is 1. The lowest BCUT2D eigenvalue weighted by molar-refractivity contribution is 0.0736. The summed E-state index contributed by atoms with van der Waals surface area (Å²) in [5.41, 5.74) is 0.600. The van der Waals surface area contributed by atoms with Crippen LogP contribution < -0.4 is 15.0 Å². The normalized spacial score (nSPS) is 10.8. The zero-order chi connectivity index (χ0) is 21.8. The Labute approximate surface area is 184 Å². The van der Waals surface area contributed by atoms with Crippen LogP contribution >= 0.6 is 11.6 Å². The monoisotopic (exact) mass is 433 g/mol. The first kappa shape index (κ1) is 20.7. The maximum Gasteiger partial charge on any atom is 0.345 e. The predicted molar refractivity (Wildman–Crippen MR) is 122 cm³/mol. The smallest absolute Gasteiger partial charge is 0.345 e. The maximum atomic E-state index is 13.1. The molecule has 0 amide bonds. The van der Waals surface area contributed by atoms with E-state index in [1.54, 1.807) is 72.8 Å². The molecule has 4 aromatic rings. The SMILES string of the molecule is CCCOc1ccc(OC(=O)c2cn(-c3cccc(Cl)c3)c(=O)c3ccccc23)cc1. The molecule has 0 bridgehead atoms. The lowest BCUT2D eigenvalue weighted by Crippen LogP contribution is -2.22. The molecular weight excluding hydrogens is 414 g/mol. The highest BCUT2D eigenvalue weighted by molar-refractivity contribution is 6.30. The minimum absolute atomic E-state index is 0.244. The van der Waals surface area contributed by atoms with Crippen LogP contribution in [0, 0.1) is 0 Å². The number of carbonyl (C=O) groups is 1. The number of esters is 1. The summed E-state index contributed by atoms with van der Waals surface area (Å²) in [7, 11) is 0. The van der Waals surface area contributed by atoms with E-state index < -0.39 is 5.97 Å². The number of aromatic nitrogens is 1. The van der Waals surface area contributed by atoms with Crippen LogP contribution in [0.5, 0.6) is 11.5 Å². The molecule has 5 nitrogen and oxygen atoms in total. The van der Waals surface area contributed by atoms with Crippen molar-refractivity contribution in [3.63, 3.8) is 0 Å². The summed E-state index contributed by atoms with van der Waals surface area (Å²) < 4.78 is 12.6. The summed E-state index contributed by atoms with van der Waals surface area (Å²) in [5, 5.41) is 1.44. The Bertz CT molecular complexity index is 1300. The molecule has 0 spiro atoms. The molecule has 0 radical (unpaired) electrons. The first-order valence-electron chi connectivity index (χ1n) is 9.92. The lowest BCUT2D eigenvalue weighted by Gasteiger charge is -2.13. The van der Waals surface area contributed by atoms with Crippen molar-refractivity contribution in [2.45, 2.75) is 13.3 Å². The van der Waals surface area contributed by atoms with E-state index in [1.165, 1.54) is 10.8 Å². The minimum Gasteiger partial charge on any atom is -0.494 e. The molecule has 0 N–H and O–H groups in total. The summed E-state index contributed by atoms with van der Waals surface area (Å²) in [4.78, 5) is 26.1. The van der Waals surface area contributed by atoms with Crippen LogP contribution in [0.25, 0.3) is 16.5 Å². The van der Waals surface area contributed by atoms with Crippen LogP contribution in [0.1, 0.15) is 23.7 Å². The highest BCUT2D eigenvalue weighted by Gasteiger charge is 2.17. The fourth-order valence-electron chi connectivity index (χ4n) is 3.26. The fraction of sp³-hybridized carbons (Fsp3) is 0.120. The second kappa shape index (κ2) is 9.06. The van der Waals surface area contributed by atoms with Crippen molar-refractivity contribution in [2.75, 3.05) is 6.61 Å². The molecule has 0 aliphatic heterocycles. The third kappa shape index (κ3) is 4.47. The average molecular weight is 434 g/mol. The minimum atomic E-state index is -0.561. The van der Waals surface area contributed by atoms with Gasteiger partial charge in [-0.15, -0.1) is 0 Å². The molecule has 0 fully saturated rings. The van der Waals surface area contributed by atoms with E-state index in [0.717, 1.165) is 6.42 Å². The molecule has 0 aliphatic rings. The molecule has 0 saturated carbocycles. The van der Waals surface area contributed by atoms with E-state index in [0.29, 0.717) is 39.6 Å². The van der Waals surface area contributed by atoms with E-state index in [1.807, 2.05) is 6.92 Å². The number of fused-ring (bicyclic) bond motifs is 1. The molecule has 0 unspecified atom stereocenters. The second-order valence-electron chi connectivity index (χ2n) is 6.95. The number of hydrogen-bond donors (Lipinski definition) is 0. The summed E-state index contributed by atoms with van der Waals surface area (Å²) >= 11 is 6.10. The van der Waals surface area contributed by atoms with E-state index in [4.69, 9.17) is 21.1 Å². The Morgan fingerprint density at radius 2 is 1.65 bits per heavy atom. The molecule has 3 aromatic carbocycles. The van der Waals surface area contributed by atoms with Crippen molar-refractivity contribution >= 4 is 28.3 Å². The first-order valence-corrected chi connectivity index (χ1v) is 10.3. The molecule has 4 rings (SSSR count). The van der Waals surface area contributed by atoms with E-state index in [9.17, 15) is 9.59 Å². The summed E-state index contributed by atoms with van der Waals surface area (Å²) in [5.74, 6) is 0.536. The summed E-state index contributed by atoms with van der Waals surface area (Å²) in [6.45, 7) is 2.65. The first-order chi connectivity index (χ1) is 15.1. The van der Waals surface area contributed by atoms with E-state index in [2.05, 4.69) is 0 Å². The van der Waals surface area contributed by atoms with Gasteiger partial charge in [-0.1, -0.05) is 42.8 Å². The molecule has 1 heterocycles. The Kier molecular flexibility index (Phi) is 6.05. The number of carbonyl (C=O) groups excluding carboxylic acids is 1. The van der Waals surface area contributed by atoms with Crippen LogP contribution in [-0.4, -0.2) is 17.1 Å². The Morgan fingerprint density at radius 1 is 0.935 bits per heavy atom. The predicted octanol–water partition coefficient (Wildman–Crippen LogP) is 5.65. The molecule has 0 aliphatic carbocycles. The fourth-order valence-corrected chi connectivity index (χ4v) is 3.44. The molecule has 31 heavy (non-hydrogen) atoms. The van der Waals surface area contributed by atoms with Gasteiger partial charge in [0.15, 0.2) is 0 Å². The average Bonchev–Trinajstić information content (AvgIpc) is 2.79. The van der Waals surface area contributed by atoms with Crippen molar-refractivity contribution in [1.82, 2.24) is 4.57 Å². The third-order valence-corrected chi connectivity index (χ3v) is 4.97. The van der Waals surface area contributed by atoms with Gasteiger partial charge in [0.2, 0.25) is 0 Å². The van der Waals surface area contributed by atoms with E-state index >= 15 is 0 Å². The van der Waals surface area contributed by atoms with Crippen molar-refractivity contribution in [2.24, 2.45) is 0 Å². The van der Waals surface area contributed by atoms with Crippen molar-refractivity contribution in [3.8, 4) is 17.2 Å². The number of pyridine rings is 1. The van der Waals surface area contributed by atoms with Crippen LogP contribution in [0.2, 0.25) is 5.02 Å². The van der Waals surface area contributed by atoms with Gasteiger partial charge in [0.1, 0.15) is 11.5 Å². The quantitative estimate of drug-likeness (QED) is 0.291. The highest BCUT2D eigenvalue weighted by Crippen LogP contribution is 2.23. The van der Waals surface area contributed by atoms with Gasteiger partial charge in [-0.3, -0.25) is 9.36 Å². The van der Waals surface area contributed by atoms with Crippen molar-refractivity contribution in [3.05, 3.63) is 99.9 Å². The molecule has 156 valence electrons. The lowest BCUT2D eigenvalue weighted by atomic mass is 10.1. The van der Waals surface area contributed by atoms with Crippen LogP contribution in [0.4, 0.5) is 0 Å². The van der Waals surface area contributed by atoms with Crippen LogP contribution in [0.3, 0.4) is 0 Å². The van der Waals surface area contributed by atoms with Crippen LogP contribution in [-0.2, 0) is 0 Å². The van der Waals surface area contributed by atoms with Gasteiger partial charge >= 0.3 is 5.97 Å². The zero-order valence-corrected chi connectivity index (χ0v) is 17.6. The van der Waals surface area contributed by atoms with Gasteiger partial charge in [-0.2, -0.15) is 0 Å². The van der Waals surface area contributed by atoms with E-state index in [-0.39, 0.29) is 11.1 Å². The third-order valence-electron chi connectivity index (χ3n) is 4.74. The standard InChI is InChI=1S/C25H20ClNO4/c1-2-14-30-19-10-12-20(13-11-19)31-25(29)23-16-27(18-7-5-6-17(26)15-18)24(28)22-9-4-3-8-21(22)23/h3-13,15-16H,2,14H2,1H3. The van der Waals surface area contributed by atoms with Gasteiger partial charge < -0.3 is 9.47 Å². The van der Waals surface area contributed by atoms with Gasteiger partial charge in [0, 0.05) is 22.0 Å². The Hall–Kier alpha value is -3.57. The van der Waals surface area contributed by atoms with Gasteiger partial charge in [0.05, 0.1) is 17.9 Å². The van der Waals surface area contributed by atoms with Gasteiger partial charge in [-0.25, -0.2) is 4.79 Å². The molecule has 6 heteroatoms. The van der Waals surface area contributed by atoms with Gasteiger partial charge in [-0.05, 0) is 55.0 Å². The number of ether oxygens (including phenoxy) is 2. The summed E-state index contributed by atoms with van der Waals surface area (Å²) in [6, 6.07) is 20.7.